The molecule has 4 heteroatoms. The number of aromatic nitrogens is 2. The molecule has 0 spiro atoms. The summed E-state index contributed by atoms with van der Waals surface area (Å²) in [5, 5.41) is 3.05. The number of rotatable bonds is 5. The second-order valence-corrected chi connectivity index (χ2v) is 4.23. The molecule has 94 valence electrons. The van der Waals surface area contributed by atoms with Gasteiger partial charge in [-0.15, -0.1) is 0 Å². The average molecular weight is 242 g/mol. The van der Waals surface area contributed by atoms with Gasteiger partial charge in [0.25, 0.3) is 0 Å². The predicted octanol–water partition coefficient (Wildman–Crippen LogP) is 1.75. The van der Waals surface area contributed by atoms with E-state index in [0.717, 1.165) is 12.0 Å². The molecule has 0 unspecified atom stereocenters. The van der Waals surface area contributed by atoms with Gasteiger partial charge in [-0.3, -0.25) is 0 Å². The minimum absolute atomic E-state index is 0.578. The van der Waals surface area contributed by atoms with Gasteiger partial charge in [0.15, 0.2) is 0 Å². The number of nitrogens with zero attached hydrogens (tertiary/aromatic N) is 2. The van der Waals surface area contributed by atoms with E-state index in [1.807, 2.05) is 12.4 Å². The van der Waals surface area contributed by atoms with Gasteiger partial charge in [0.2, 0.25) is 5.95 Å². The van der Waals surface area contributed by atoms with Crippen molar-refractivity contribution in [1.82, 2.24) is 9.97 Å². The van der Waals surface area contributed by atoms with Crippen LogP contribution in [0.15, 0.2) is 36.7 Å². The summed E-state index contributed by atoms with van der Waals surface area (Å²) in [6, 6.07) is 8.36. The second-order valence-electron chi connectivity index (χ2n) is 4.23. The van der Waals surface area contributed by atoms with Crippen LogP contribution in [0.3, 0.4) is 0 Å². The summed E-state index contributed by atoms with van der Waals surface area (Å²) >= 11 is 0. The fraction of sp³-hybridized carbons (Fsp3) is 0.286. The van der Waals surface area contributed by atoms with Crippen molar-refractivity contribution in [3.8, 4) is 0 Å². The molecule has 4 nitrogen and oxygen atoms in total. The molecule has 0 aliphatic carbocycles. The molecule has 3 N–H and O–H groups in total. The Kier molecular flexibility index (Phi) is 4.25. The fourth-order valence-corrected chi connectivity index (χ4v) is 1.75. The van der Waals surface area contributed by atoms with Gasteiger partial charge in [-0.1, -0.05) is 24.3 Å². The number of hydrogen-bond donors (Lipinski definition) is 2. The molecule has 0 atom stereocenters. The van der Waals surface area contributed by atoms with Crippen molar-refractivity contribution in [3.05, 3.63) is 53.3 Å². The maximum Gasteiger partial charge on any atom is 0.222 e. The van der Waals surface area contributed by atoms with Crippen LogP contribution in [0.1, 0.15) is 16.7 Å². The number of benzene rings is 1. The Labute approximate surface area is 107 Å². The molecule has 18 heavy (non-hydrogen) atoms. The molecule has 1 aromatic carbocycles. The monoisotopic (exact) mass is 242 g/mol. The van der Waals surface area contributed by atoms with E-state index in [9.17, 15) is 0 Å². The molecule has 2 aromatic rings. The maximum atomic E-state index is 5.41. The third-order valence-corrected chi connectivity index (χ3v) is 2.79. The second kappa shape index (κ2) is 6.12. The first-order valence-corrected chi connectivity index (χ1v) is 6.09. The summed E-state index contributed by atoms with van der Waals surface area (Å²) in [5.74, 6) is 0.633. The van der Waals surface area contributed by atoms with Gasteiger partial charge in [0.1, 0.15) is 0 Å². The molecule has 0 radical (unpaired) electrons. The van der Waals surface area contributed by atoms with E-state index in [0.29, 0.717) is 19.0 Å². The van der Waals surface area contributed by atoms with Gasteiger partial charge >= 0.3 is 0 Å². The standard InChI is InChI=1S/C14H18N4/c1-11-4-2-3-5-13(11)8-12-9-17-14(18-10-12)16-7-6-15/h2-5,9-10H,6-8,15H2,1H3,(H,16,17,18). The molecule has 0 aliphatic heterocycles. The predicted molar refractivity (Wildman–Crippen MR) is 73.6 cm³/mol. The van der Waals surface area contributed by atoms with Crippen LogP contribution in [-0.2, 0) is 6.42 Å². The number of nitrogens with one attached hydrogen (secondary N) is 1. The largest absolute Gasteiger partial charge is 0.353 e. The zero-order valence-electron chi connectivity index (χ0n) is 10.6. The highest BCUT2D eigenvalue weighted by atomic mass is 15.1. The Morgan fingerprint density at radius 3 is 2.56 bits per heavy atom. The van der Waals surface area contributed by atoms with Crippen molar-refractivity contribution in [1.29, 1.82) is 0 Å². The molecule has 0 aliphatic rings. The van der Waals surface area contributed by atoms with Crippen LogP contribution in [0.2, 0.25) is 0 Å². The summed E-state index contributed by atoms with van der Waals surface area (Å²) in [6.45, 7) is 3.39. The molecule has 1 heterocycles. The number of nitrogens with two attached hydrogens (primary N) is 1. The summed E-state index contributed by atoms with van der Waals surface area (Å²) < 4.78 is 0. The lowest BCUT2D eigenvalue weighted by molar-refractivity contribution is 0.977. The first-order chi connectivity index (χ1) is 8.79. The average Bonchev–Trinajstić information content (AvgIpc) is 2.41. The van der Waals surface area contributed by atoms with Gasteiger partial charge in [-0.25, -0.2) is 9.97 Å². The van der Waals surface area contributed by atoms with Gasteiger partial charge in [-0.2, -0.15) is 0 Å². The van der Waals surface area contributed by atoms with Crippen LogP contribution in [0, 0.1) is 6.92 Å². The molecule has 0 saturated carbocycles. The van der Waals surface area contributed by atoms with Crippen molar-refractivity contribution in [2.75, 3.05) is 18.4 Å². The Morgan fingerprint density at radius 1 is 1.17 bits per heavy atom. The topological polar surface area (TPSA) is 63.8 Å². The highest BCUT2D eigenvalue weighted by molar-refractivity contribution is 5.32. The molecule has 2 rings (SSSR count). The first kappa shape index (κ1) is 12.5. The van der Waals surface area contributed by atoms with Crippen molar-refractivity contribution in [3.63, 3.8) is 0 Å². The third kappa shape index (κ3) is 3.28. The molecule has 0 bridgehead atoms. The Hall–Kier alpha value is -1.94. The molecule has 0 amide bonds. The third-order valence-electron chi connectivity index (χ3n) is 2.79. The van der Waals surface area contributed by atoms with E-state index in [1.165, 1.54) is 11.1 Å². The summed E-state index contributed by atoms with van der Waals surface area (Å²) in [6.07, 6.45) is 4.58. The first-order valence-electron chi connectivity index (χ1n) is 6.09. The van der Waals surface area contributed by atoms with E-state index in [-0.39, 0.29) is 0 Å². The maximum absolute atomic E-state index is 5.41. The molecular weight excluding hydrogens is 224 g/mol. The number of aryl methyl sites for hydroxylation is 1. The lowest BCUT2D eigenvalue weighted by Crippen LogP contribution is -2.14. The number of anilines is 1. The van der Waals surface area contributed by atoms with Gasteiger partial charge < -0.3 is 11.1 Å². The van der Waals surface area contributed by atoms with E-state index in [4.69, 9.17) is 5.73 Å². The smallest absolute Gasteiger partial charge is 0.222 e. The fourth-order valence-electron chi connectivity index (χ4n) is 1.75. The molecule has 0 saturated heterocycles. The van der Waals surface area contributed by atoms with E-state index in [1.54, 1.807) is 0 Å². The zero-order chi connectivity index (χ0) is 12.8. The van der Waals surface area contributed by atoms with E-state index >= 15 is 0 Å². The quantitative estimate of drug-likeness (QED) is 0.838. The molecule has 1 aromatic heterocycles. The minimum Gasteiger partial charge on any atom is -0.353 e. The Bertz CT molecular complexity index is 493. The van der Waals surface area contributed by atoms with Crippen LogP contribution in [0.4, 0.5) is 5.95 Å². The molecule has 0 fully saturated rings. The van der Waals surface area contributed by atoms with E-state index in [2.05, 4.69) is 46.5 Å². The van der Waals surface area contributed by atoms with Crippen LogP contribution in [0.5, 0.6) is 0 Å². The zero-order valence-corrected chi connectivity index (χ0v) is 10.6. The minimum atomic E-state index is 0.578. The van der Waals surface area contributed by atoms with Crippen LogP contribution in [-0.4, -0.2) is 23.1 Å². The highest BCUT2D eigenvalue weighted by Crippen LogP contribution is 2.12. The van der Waals surface area contributed by atoms with Gasteiger partial charge in [-0.05, 0) is 23.6 Å². The lowest BCUT2D eigenvalue weighted by atomic mass is 10.0. The summed E-state index contributed by atoms with van der Waals surface area (Å²) in [4.78, 5) is 8.53. The van der Waals surface area contributed by atoms with Gasteiger partial charge in [0.05, 0.1) is 0 Å². The number of hydrogen-bond acceptors (Lipinski definition) is 4. The lowest BCUT2D eigenvalue weighted by Gasteiger charge is -2.06. The normalized spacial score (nSPS) is 10.3. The molecular formula is C14H18N4. The van der Waals surface area contributed by atoms with Crippen molar-refractivity contribution in [2.24, 2.45) is 5.73 Å². The van der Waals surface area contributed by atoms with Crippen LogP contribution in [0.25, 0.3) is 0 Å². The van der Waals surface area contributed by atoms with Crippen LogP contribution < -0.4 is 11.1 Å². The highest BCUT2D eigenvalue weighted by Gasteiger charge is 2.01. The SMILES string of the molecule is Cc1ccccc1Cc1cnc(NCCN)nc1. The van der Waals surface area contributed by atoms with Crippen molar-refractivity contribution < 1.29 is 0 Å². The van der Waals surface area contributed by atoms with Crippen molar-refractivity contribution in [2.45, 2.75) is 13.3 Å². The Balaban J connectivity index is 2.04. The summed E-state index contributed by atoms with van der Waals surface area (Å²) in [7, 11) is 0. The van der Waals surface area contributed by atoms with Crippen LogP contribution >= 0.6 is 0 Å². The Morgan fingerprint density at radius 2 is 1.89 bits per heavy atom. The van der Waals surface area contributed by atoms with Gasteiger partial charge in [0, 0.05) is 31.9 Å². The summed E-state index contributed by atoms with van der Waals surface area (Å²) in [5.41, 5.74) is 9.12. The van der Waals surface area contributed by atoms with E-state index < -0.39 is 0 Å². The van der Waals surface area contributed by atoms with Crippen molar-refractivity contribution >= 4 is 5.95 Å².